The number of carbonyl (C=O) groups is 1. The molecule has 22 heavy (non-hydrogen) atoms. The summed E-state index contributed by atoms with van der Waals surface area (Å²) in [6, 6.07) is 0. The van der Waals surface area contributed by atoms with Gasteiger partial charge in [-0.3, -0.25) is 0 Å². The number of Topliss-reactive ketones (excluding diaryl/α,β-unsaturated/α-hetero) is 1. The lowest BCUT2D eigenvalue weighted by Crippen LogP contribution is -2.21. The highest BCUT2D eigenvalue weighted by molar-refractivity contribution is 5.75. The molecule has 0 bridgehead atoms. The lowest BCUT2D eigenvalue weighted by Gasteiger charge is -2.16. The van der Waals surface area contributed by atoms with Crippen LogP contribution in [0.3, 0.4) is 0 Å². The summed E-state index contributed by atoms with van der Waals surface area (Å²) in [5.74, 6) is 0.659. The Morgan fingerprint density at radius 3 is 1.27 bits per heavy atom. The number of rotatable bonds is 5. The minimum absolute atomic E-state index is 0.122. The summed E-state index contributed by atoms with van der Waals surface area (Å²) >= 11 is 0. The zero-order chi connectivity index (χ0) is 18.5. The summed E-state index contributed by atoms with van der Waals surface area (Å²) in [7, 11) is 0. The largest absolute Gasteiger partial charge is 0.391 e. The smallest absolute Gasteiger partial charge is 0.300 e. The zero-order valence-corrected chi connectivity index (χ0v) is 16.0. The van der Waals surface area contributed by atoms with Gasteiger partial charge in [0.05, 0.1) is 5.92 Å². The fourth-order valence-corrected chi connectivity index (χ4v) is 1.42. The van der Waals surface area contributed by atoms with Crippen molar-refractivity contribution in [3.05, 3.63) is 0 Å². The third-order valence-electron chi connectivity index (χ3n) is 2.90. The maximum Gasteiger partial charge on any atom is 0.391 e. The van der Waals surface area contributed by atoms with Gasteiger partial charge in [-0.25, -0.2) is 0 Å². The summed E-state index contributed by atoms with van der Waals surface area (Å²) in [6.45, 7) is 17.2. The number of carbonyl (C=O) groups excluding carboxylic acids is 1. The molecule has 1 atom stereocenters. The van der Waals surface area contributed by atoms with Crippen LogP contribution in [0, 0.1) is 23.7 Å². The van der Waals surface area contributed by atoms with Crippen LogP contribution >= 0.6 is 0 Å². The molecule has 0 aromatic carbocycles. The van der Waals surface area contributed by atoms with Crippen LogP contribution < -0.4 is 0 Å². The van der Waals surface area contributed by atoms with Crippen LogP contribution in [0.5, 0.6) is 0 Å². The Labute approximate surface area is 136 Å². The molecule has 0 N–H and O–H groups in total. The van der Waals surface area contributed by atoms with Crippen molar-refractivity contribution in [3.63, 3.8) is 0 Å². The van der Waals surface area contributed by atoms with Crippen LogP contribution in [-0.4, -0.2) is 12.0 Å². The van der Waals surface area contributed by atoms with Gasteiger partial charge >= 0.3 is 6.18 Å². The zero-order valence-electron chi connectivity index (χ0n) is 16.0. The summed E-state index contributed by atoms with van der Waals surface area (Å²) in [5, 5.41) is 0. The summed E-state index contributed by atoms with van der Waals surface area (Å²) in [6.07, 6.45) is -1.76. The van der Waals surface area contributed by atoms with Gasteiger partial charge in [0.15, 0.2) is 0 Å². The van der Waals surface area contributed by atoms with Crippen molar-refractivity contribution in [3.8, 4) is 0 Å². The number of ketones is 1. The van der Waals surface area contributed by atoms with Crippen LogP contribution in [0.4, 0.5) is 13.2 Å². The fraction of sp³-hybridized carbons (Fsp3) is 0.944. The molecule has 0 fully saturated rings. The molecular weight excluding hydrogens is 289 g/mol. The number of hydrogen-bond acceptors (Lipinski definition) is 1. The number of halogens is 3. The Morgan fingerprint density at radius 2 is 1.23 bits per heavy atom. The van der Waals surface area contributed by atoms with E-state index in [-0.39, 0.29) is 18.1 Å². The average molecular weight is 326 g/mol. The standard InChI is InChI=1S/C7H13F3.C6H12O.C5H12/c1-5(2)4-6(3)7(8,9)10;1-5(2)4-6(3)7;1-4-5(2)3/h5-6H,4H2,1-3H3;5H,4H2,1-3H3;5H,4H2,1-3H3. The first-order chi connectivity index (χ1) is 9.73. The minimum Gasteiger partial charge on any atom is -0.300 e. The van der Waals surface area contributed by atoms with E-state index in [1.165, 1.54) is 13.3 Å². The molecule has 1 nitrogen and oxygen atoms in total. The van der Waals surface area contributed by atoms with E-state index in [1.54, 1.807) is 20.8 Å². The van der Waals surface area contributed by atoms with Crippen molar-refractivity contribution in [2.75, 3.05) is 0 Å². The van der Waals surface area contributed by atoms with Crippen molar-refractivity contribution in [1.29, 1.82) is 0 Å². The predicted molar refractivity (Wildman–Crippen MR) is 89.9 cm³/mol. The highest BCUT2D eigenvalue weighted by Gasteiger charge is 2.35. The van der Waals surface area contributed by atoms with Gasteiger partial charge in [0.25, 0.3) is 0 Å². The molecule has 0 aliphatic rings. The van der Waals surface area contributed by atoms with E-state index in [0.29, 0.717) is 5.92 Å². The molecule has 136 valence electrons. The summed E-state index contributed by atoms with van der Waals surface area (Å²) in [4.78, 5) is 10.3. The van der Waals surface area contributed by atoms with E-state index < -0.39 is 12.1 Å². The van der Waals surface area contributed by atoms with E-state index >= 15 is 0 Å². The SMILES string of the molecule is CC(=O)CC(C)C.CC(C)CC(C)C(F)(F)F.CCC(C)C. The Balaban J connectivity index is -0.000000263. The second-order valence-electron chi connectivity index (χ2n) is 7.17. The molecule has 0 saturated carbocycles. The van der Waals surface area contributed by atoms with E-state index in [9.17, 15) is 18.0 Å². The second kappa shape index (κ2) is 14.1. The van der Waals surface area contributed by atoms with Crippen molar-refractivity contribution in [2.24, 2.45) is 23.7 Å². The molecule has 0 aromatic rings. The van der Waals surface area contributed by atoms with Gasteiger partial charge in [0.1, 0.15) is 5.78 Å². The molecule has 0 aliphatic carbocycles. The van der Waals surface area contributed by atoms with Crippen molar-refractivity contribution in [2.45, 2.75) is 87.8 Å². The van der Waals surface area contributed by atoms with Gasteiger partial charge in [-0.05, 0) is 31.1 Å². The molecule has 0 spiro atoms. The van der Waals surface area contributed by atoms with E-state index in [0.717, 1.165) is 12.3 Å². The lowest BCUT2D eigenvalue weighted by molar-refractivity contribution is -0.173. The molecule has 1 unspecified atom stereocenters. The van der Waals surface area contributed by atoms with E-state index in [4.69, 9.17) is 0 Å². The van der Waals surface area contributed by atoms with Crippen LogP contribution in [0.1, 0.15) is 81.6 Å². The Kier molecular flexibility index (Phi) is 16.9. The van der Waals surface area contributed by atoms with E-state index in [2.05, 4.69) is 20.8 Å². The van der Waals surface area contributed by atoms with Gasteiger partial charge in [-0.1, -0.05) is 61.8 Å². The number of hydrogen-bond donors (Lipinski definition) is 0. The second-order valence-corrected chi connectivity index (χ2v) is 7.17. The highest BCUT2D eigenvalue weighted by atomic mass is 19.4. The average Bonchev–Trinajstić information content (AvgIpc) is 2.26. The maximum atomic E-state index is 11.8. The first kappa shape index (κ1) is 26.4. The van der Waals surface area contributed by atoms with Gasteiger partial charge in [-0.15, -0.1) is 0 Å². The van der Waals surface area contributed by atoms with Crippen LogP contribution in [0.25, 0.3) is 0 Å². The van der Waals surface area contributed by atoms with Gasteiger partial charge in [0, 0.05) is 6.42 Å². The quantitative estimate of drug-likeness (QED) is 0.536. The molecule has 0 radical (unpaired) electrons. The van der Waals surface area contributed by atoms with Crippen molar-refractivity contribution < 1.29 is 18.0 Å². The monoisotopic (exact) mass is 326 g/mol. The molecule has 0 aliphatic heterocycles. The minimum atomic E-state index is -4.01. The topological polar surface area (TPSA) is 17.1 Å². The van der Waals surface area contributed by atoms with E-state index in [1.807, 2.05) is 13.8 Å². The molecule has 0 rings (SSSR count). The van der Waals surface area contributed by atoms with Crippen LogP contribution in [0.2, 0.25) is 0 Å². The Hall–Kier alpha value is -0.540. The van der Waals surface area contributed by atoms with Gasteiger partial charge < -0.3 is 4.79 Å². The number of alkyl halides is 3. The highest BCUT2D eigenvalue weighted by Crippen LogP contribution is 2.30. The lowest BCUT2D eigenvalue weighted by atomic mass is 9.99. The van der Waals surface area contributed by atoms with Crippen LogP contribution in [-0.2, 0) is 4.79 Å². The summed E-state index contributed by atoms with van der Waals surface area (Å²) < 4.78 is 35.4. The first-order valence-corrected chi connectivity index (χ1v) is 8.29. The normalized spacial score (nSPS) is 12.5. The van der Waals surface area contributed by atoms with Gasteiger partial charge in [-0.2, -0.15) is 13.2 Å². The molecular formula is C18H37F3O. The third-order valence-corrected chi connectivity index (χ3v) is 2.90. The Bertz CT molecular complexity index is 256. The molecule has 0 aromatic heterocycles. The molecule has 0 amide bonds. The van der Waals surface area contributed by atoms with Crippen LogP contribution in [0.15, 0.2) is 0 Å². The molecule has 0 heterocycles. The van der Waals surface area contributed by atoms with Crippen molar-refractivity contribution in [1.82, 2.24) is 0 Å². The van der Waals surface area contributed by atoms with Gasteiger partial charge in [0.2, 0.25) is 0 Å². The Morgan fingerprint density at radius 1 is 0.864 bits per heavy atom. The maximum absolute atomic E-state index is 11.8. The summed E-state index contributed by atoms with van der Waals surface area (Å²) in [5.41, 5.74) is 0. The molecule has 4 heteroatoms. The van der Waals surface area contributed by atoms with Crippen molar-refractivity contribution >= 4 is 5.78 Å². The fourth-order valence-electron chi connectivity index (χ4n) is 1.42. The predicted octanol–water partition coefficient (Wildman–Crippen LogP) is 6.90. The molecule has 0 saturated heterocycles. The first-order valence-electron chi connectivity index (χ1n) is 8.29. The third kappa shape index (κ3) is 27.7.